The molecule has 2 aliphatic carbocycles. The molecule has 0 spiro atoms. The fraction of sp³-hybridized carbons (Fsp3) is 0.435. The molecule has 6 rings (SSSR count). The largest absolute Gasteiger partial charge is 0.480 e. The van der Waals surface area contributed by atoms with Crippen molar-refractivity contribution in [2.24, 2.45) is 0 Å². The molecule has 0 radical (unpaired) electrons. The molecule has 0 heterocycles. The summed E-state index contributed by atoms with van der Waals surface area (Å²) in [5.74, 6) is -0.848. The fourth-order valence-corrected chi connectivity index (χ4v) is 7.56. The van der Waals surface area contributed by atoms with Crippen LogP contribution in [0.1, 0.15) is 73.6 Å². The lowest BCUT2D eigenvalue weighted by atomic mass is 9.91. The molecule has 0 unspecified atom stereocenters. The molecule has 0 saturated heterocycles. The summed E-state index contributed by atoms with van der Waals surface area (Å²) in [6.45, 7) is 3.80. The van der Waals surface area contributed by atoms with Crippen molar-refractivity contribution < 1.29 is 24.2 Å². The number of likely N-dealkylation sites (N-methyl/N-ethyl adjacent to an activating group) is 1. The smallest absolute Gasteiger partial charge is 0.329 e. The predicted molar refractivity (Wildman–Crippen MR) is 215 cm³/mol. The van der Waals surface area contributed by atoms with Crippen molar-refractivity contribution in [2.75, 3.05) is 27.3 Å². The molecular formula is C46H59N3O5. The van der Waals surface area contributed by atoms with E-state index in [0.29, 0.717) is 12.1 Å². The molecule has 4 aromatic rings. The predicted octanol–water partition coefficient (Wildman–Crippen LogP) is 8.21. The highest BCUT2D eigenvalue weighted by atomic mass is 16.5. The number of benzene rings is 4. The van der Waals surface area contributed by atoms with Crippen molar-refractivity contribution in [2.45, 2.75) is 102 Å². The van der Waals surface area contributed by atoms with Gasteiger partial charge in [-0.15, -0.1) is 0 Å². The van der Waals surface area contributed by atoms with Gasteiger partial charge in [-0.2, -0.15) is 0 Å². The quantitative estimate of drug-likeness (QED) is 0.124. The lowest BCUT2D eigenvalue weighted by molar-refractivity contribution is -0.145. The zero-order chi connectivity index (χ0) is 38.0. The first-order valence-electron chi connectivity index (χ1n) is 19.6. The van der Waals surface area contributed by atoms with E-state index in [1.54, 1.807) is 19.0 Å². The van der Waals surface area contributed by atoms with Crippen LogP contribution in [0.4, 0.5) is 0 Å². The molecule has 1 N–H and O–H groups in total. The number of carboxylic acid groups (broad SMARTS) is 1. The summed E-state index contributed by atoms with van der Waals surface area (Å²) in [6, 6.07) is 43.7. The Morgan fingerprint density at radius 2 is 0.796 bits per heavy atom. The number of carboxylic acids is 1. The van der Waals surface area contributed by atoms with Crippen LogP contribution >= 0.6 is 0 Å². The van der Waals surface area contributed by atoms with Crippen LogP contribution in [-0.4, -0.2) is 83.3 Å². The van der Waals surface area contributed by atoms with Gasteiger partial charge in [-0.1, -0.05) is 121 Å². The van der Waals surface area contributed by atoms with E-state index in [2.05, 4.69) is 131 Å². The standard InChI is InChI=1S/C24H32N2O2.C22H27NO3/c1-25(2)24(27)19-28-23-15-13-22(14-16-23)26(17-20-9-5-3-6-10-20)18-21-11-7-4-8-12-21;24-22(25)17-26-21-13-11-20(12-14-21)23(15-18-7-3-1-4-8-18)16-19-9-5-2-6-10-19/h3-12,22-23H,13-19H2,1-2H3;1-10,20-21H,11-17H2,(H,24,25). The maximum atomic E-state index is 11.8. The van der Waals surface area contributed by atoms with Crippen LogP contribution < -0.4 is 0 Å². The Balaban J connectivity index is 0.000000208. The highest BCUT2D eigenvalue weighted by Crippen LogP contribution is 2.29. The van der Waals surface area contributed by atoms with E-state index in [0.717, 1.165) is 77.5 Å². The monoisotopic (exact) mass is 733 g/mol. The highest BCUT2D eigenvalue weighted by Gasteiger charge is 2.28. The summed E-state index contributed by atoms with van der Waals surface area (Å²) in [7, 11) is 3.54. The summed E-state index contributed by atoms with van der Waals surface area (Å²) < 4.78 is 11.4. The summed E-state index contributed by atoms with van der Waals surface area (Å²) >= 11 is 0. The minimum atomic E-state index is -0.887. The summed E-state index contributed by atoms with van der Waals surface area (Å²) in [6.07, 6.45) is 8.50. The Labute approximate surface area is 322 Å². The molecule has 8 heteroatoms. The van der Waals surface area contributed by atoms with Crippen LogP contribution in [0.15, 0.2) is 121 Å². The number of nitrogens with zero attached hydrogens (tertiary/aromatic N) is 3. The first-order valence-corrected chi connectivity index (χ1v) is 19.6. The van der Waals surface area contributed by atoms with Gasteiger partial charge in [0.05, 0.1) is 12.2 Å². The second-order valence-electron chi connectivity index (χ2n) is 14.9. The van der Waals surface area contributed by atoms with Gasteiger partial charge in [0.1, 0.15) is 13.2 Å². The molecule has 0 aliphatic heterocycles. The number of aliphatic carboxylic acids is 1. The molecule has 1 amide bonds. The van der Waals surface area contributed by atoms with E-state index in [1.165, 1.54) is 22.3 Å². The van der Waals surface area contributed by atoms with Crippen molar-refractivity contribution >= 4 is 11.9 Å². The molecule has 2 aliphatic rings. The Bertz CT molecular complexity index is 1540. The van der Waals surface area contributed by atoms with Crippen molar-refractivity contribution in [3.05, 3.63) is 144 Å². The lowest BCUT2D eigenvalue weighted by Crippen LogP contribution is -2.39. The van der Waals surface area contributed by atoms with Gasteiger partial charge in [0.25, 0.3) is 0 Å². The van der Waals surface area contributed by atoms with Gasteiger partial charge < -0.3 is 19.5 Å². The van der Waals surface area contributed by atoms with Gasteiger partial charge in [-0.05, 0) is 73.6 Å². The van der Waals surface area contributed by atoms with Crippen LogP contribution in [0.2, 0.25) is 0 Å². The van der Waals surface area contributed by atoms with Gasteiger partial charge in [0.2, 0.25) is 5.91 Å². The third-order valence-corrected chi connectivity index (χ3v) is 10.6. The van der Waals surface area contributed by atoms with Gasteiger partial charge in [-0.25, -0.2) is 4.79 Å². The third kappa shape index (κ3) is 14.1. The van der Waals surface area contributed by atoms with E-state index in [-0.39, 0.29) is 31.3 Å². The van der Waals surface area contributed by atoms with Crippen LogP contribution in [0.5, 0.6) is 0 Å². The molecule has 0 bridgehead atoms. The van der Waals surface area contributed by atoms with Crippen molar-refractivity contribution in [1.29, 1.82) is 0 Å². The molecular weight excluding hydrogens is 675 g/mol. The average Bonchev–Trinajstić information content (AvgIpc) is 3.21. The topological polar surface area (TPSA) is 82.5 Å². The fourth-order valence-electron chi connectivity index (χ4n) is 7.56. The molecule has 8 nitrogen and oxygen atoms in total. The Hall–Kier alpha value is -4.34. The number of ether oxygens (including phenoxy) is 2. The highest BCUT2D eigenvalue weighted by molar-refractivity contribution is 5.76. The minimum absolute atomic E-state index is 0.0388. The van der Waals surface area contributed by atoms with Crippen molar-refractivity contribution in [3.8, 4) is 0 Å². The average molecular weight is 734 g/mol. The number of hydrogen-bond donors (Lipinski definition) is 1. The molecule has 288 valence electrons. The van der Waals surface area contributed by atoms with Gasteiger partial charge >= 0.3 is 5.97 Å². The minimum Gasteiger partial charge on any atom is -0.480 e. The van der Waals surface area contributed by atoms with Gasteiger partial charge in [-0.3, -0.25) is 14.6 Å². The summed E-state index contributed by atoms with van der Waals surface area (Å²) in [5, 5.41) is 8.78. The van der Waals surface area contributed by atoms with Crippen LogP contribution in [0.3, 0.4) is 0 Å². The SMILES string of the molecule is CN(C)C(=O)COC1CCC(N(Cc2ccccc2)Cc2ccccc2)CC1.O=C(O)COC1CCC(N(Cc2ccccc2)Cc2ccccc2)CC1. The molecule has 0 aromatic heterocycles. The Morgan fingerprint density at radius 1 is 0.500 bits per heavy atom. The van der Waals surface area contributed by atoms with Crippen LogP contribution in [-0.2, 0) is 45.2 Å². The molecule has 0 atom stereocenters. The van der Waals surface area contributed by atoms with Gasteiger partial charge in [0, 0.05) is 52.4 Å². The Morgan fingerprint density at radius 3 is 1.07 bits per heavy atom. The van der Waals surface area contributed by atoms with E-state index in [4.69, 9.17) is 14.6 Å². The number of amides is 1. The second kappa shape index (κ2) is 22.1. The molecule has 2 saturated carbocycles. The maximum absolute atomic E-state index is 11.8. The first kappa shape index (κ1) is 40.8. The van der Waals surface area contributed by atoms with Crippen molar-refractivity contribution in [3.63, 3.8) is 0 Å². The molecule has 2 fully saturated rings. The zero-order valence-electron chi connectivity index (χ0n) is 32.2. The first-order chi connectivity index (χ1) is 26.3. The van der Waals surface area contributed by atoms with Crippen LogP contribution in [0, 0.1) is 0 Å². The van der Waals surface area contributed by atoms with Gasteiger partial charge in [0.15, 0.2) is 0 Å². The van der Waals surface area contributed by atoms with Crippen LogP contribution in [0.25, 0.3) is 0 Å². The number of carbonyl (C=O) groups excluding carboxylic acids is 1. The second-order valence-corrected chi connectivity index (χ2v) is 14.9. The van der Waals surface area contributed by atoms with E-state index in [1.807, 2.05) is 0 Å². The Kier molecular flexibility index (Phi) is 16.7. The number of carbonyl (C=O) groups is 2. The zero-order valence-corrected chi connectivity index (χ0v) is 32.2. The maximum Gasteiger partial charge on any atom is 0.329 e. The molecule has 4 aromatic carbocycles. The molecule has 54 heavy (non-hydrogen) atoms. The number of rotatable bonds is 16. The normalized spacial score (nSPS) is 19.9. The lowest BCUT2D eigenvalue weighted by Gasteiger charge is -2.37. The van der Waals surface area contributed by atoms with E-state index in [9.17, 15) is 9.59 Å². The summed E-state index contributed by atoms with van der Waals surface area (Å²) in [5.41, 5.74) is 5.36. The third-order valence-electron chi connectivity index (χ3n) is 10.6. The van der Waals surface area contributed by atoms with E-state index >= 15 is 0 Å². The summed E-state index contributed by atoms with van der Waals surface area (Å²) in [4.78, 5) is 29.2. The van der Waals surface area contributed by atoms with Crippen molar-refractivity contribution in [1.82, 2.24) is 14.7 Å². The van der Waals surface area contributed by atoms with E-state index < -0.39 is 5.97 Å². The number of hydrogen-bond acceptors (Lipinski definition) is 6.